The number of aromatic nitrogens is 6. The highest BCUT2D eigenvalue weighted by molar-refractivity contribution is 5.85. The summed E-state index contributed by atoms with van der Waals surface area (Å²) >= 11 is 0. The lowest BCUT2D eigenvalue weighted by atomic mass is 10.2. The fourth-order valence-corrected chi connectivity index (χ4v) is 2.70. The maximum Gasteiger partial charge on any atom is 0.378 e. The number of benzene rings is 2. The third kappa shape index (κ3) is 3.39. The molecule has 8 heteroatoms. The highest BCUT2D eigenvalue weighted by Gasteiger charge is 2.21. The van der Waals surface area contributed by atoms with Gasteiger partial charge < -0.3 is 4.74 Å². The van der Waals surface area contributed by atoms with Crippen LogP contribution in [0.5, 0.6) is 0 Å². The van der Waals surface area contributed by atoms with Crippen LogP contribution in [0.1, 0.15) is 23.1 Å². The van der Waals surface area contributed by atoms with Crippen molar-refractivity contribution in [2.45, 2.75) is 13.8 Å². The molecule has 0 radical (unpaired) electrons. The molecule has 4 rings (SSSR count). The van der Waals surface area contributed by atoms with E-state index in [-0.39, 0.29) is 12.4 Å². The van der Waals surface area contributed by atoms with Gasteiger partial charge in [0.1, 0.15) is 5.69 Å². The van der Waals surface area contributed by atoms with Crippen molar-refractivity contribution in [3.63, 3.8) is 0 Å². The summed E-state index contributed by atoms with van der Waals surface area (Å²) in [6, 6.07) is 17.4. The lowest BCUT2D eigenvalue weighted by molar-refractivity contribution is 0.0512. The maximum atomic E-state index is 12.1. The summed E-state index contributed by atoms with van der Waals surface area (Å²) in [5.41, 5.74) is 3.49. The lowest BCUT2D eigenvalue weighted by Gasteiger charge is -2.05. The predicted octanol–water partition coefficient (Wildman–Crippen LogP) is 3.00. The quantitative estimate of drug-likeness (QED) is 0.499. The fourth-order valence-electron chi connectivity index (χ4n) is 2.70. The zero-order valence-corrected chi connectivity index (χ0v) is 15.5. The first-order valence-electron chi connectivity index (χ1n) is 8.85. The van der Waals surface area contributed by atoms with E-state index in [1.54, 1.807) is 17.8 Å². The van der Waals surface area contributed by atoms with E-state index >= 15 is 0 Å². The Morgan fingerprint density at radius 2 is 1.82 bits per heavy atom. The molecule has 0 unspecified atom stereocenters. The molecule has 8 nitrogen and oxygen atoms in total. The van der Waals surface area contributed by atoms with Gasteiger partial charge in [0.05, 0.1) is 18.5 Å². The Kier molecular flexibility index (Phi) is 4.67. The number of carbonyl (C=O) groups excluding carboxylic acids is 1. The molecular formula is C20H18N6O2. The van der Waals surface area contributed by atoms with Crippen LogP contribution in [0.25, 0.3) is 22.9 Å². The van der Waals surface area contributed by atoms with Crippen LogP contribution in [0, 0.1) is 6.92 Å². The van der Waals surface area contributed by atoms with Crippen molar-refractivity contribution < 1.29 is 9.53 Å². The van der Waals surface area contributed by atoms with Crippen LogP contribution in [-0.4, -0.2) is 42.3 Å². The monoisotopic (exact) mass is 374 g/mol. The molecule has 4 aromatic rings. The van der Waals surface area contributed by atoms with Crippen molar-refractivity contribution in [3.05, 3.63) is 72.2 Å². The van der Waals surface area contributed by atoms with Crippen LogP contribution in [0.2, 0.25) is 0 Å². The second kappa shape index (κ2) is 7.43. The van der Waals surface area contributed by atoms with Gasteiger partial charge in [0.15, 0.2) is 0 Å². The number of hydrogen-bond donors (Lipinski definition) is 0. The van der Waals surface area contributed by atoms with Crippen LogP contribution >= 0.6 is 0 Å². The van der Waals surface area contributed by atoms with Gasteiger partial charge in [0, 0.05) is 5.56 Å². The minimum atomic E-state index is -0.585. The van der Waals surface area contributed by atoms with Crippen LogP contribution in [0.15, 0.2) is 60.8 Å². The highest BCUT2D eigenvalue weighted by atomic mass is 16.5. The van der Waals surface area contributed by atoms with E-state index in [9.17, 15) is 4.79 Å². The molecule has 0 saturated carbocycles. The topological polar surface area (TPSA) is 87.7 Å². The molecule has 2 heterocycles. The average molecular weight is 374 g/mol. The number of nitrogens with zero attached hydrogens (tertiary/aromatic N) is 6. The van der Waals surface area contributed by atoms with Gasteiger partial charge in [0.25, 0.3) is 11.8 Å². The molecule has 0 aliphatic heterocycles. The Morgan fingerprint density at radius 3 is 2.54 bits per heavy atom. The summed E-state index contributed by atoms with van der Waals surface area (Å²) in [5.74, 6) is -0.270. The number of aryl methyl sites for hydroxylation is 1. The summed E-state index contributed by atoms with van der Waals surface area (Å²) < 4.78 is 8.09. The minimum Gasteiger partial charge on any atom is -0.460 e. The number of ether oxygens (including phenoxy) is 1. The van der Waals surface area contributed by atoms with Gasteiger partial charge in [-0.3, -0.25) is 0 Å². The van der Waals surface area contributed by atoms with Gasteiger partial charge in [-0.2, -0.15) is 14.3 Å². The molecule has 28 heavy (non-hydrogen) atoms. The zero-order valence-electron chi connectivity index (χ0n) is 15.5. The molecule has 0 amide bonds. The number of hydrogen-bond acceptors (Lipinski definition) is 6. The van der Waals surface area contributed by atoms with E-state index in [0.29, 0.717) is 11.6 Å². The molecule has 0 aliphatic rings. The van der Waals surface area contributed by atoms with Crippen LogP contribution in [-0.2, 0) is 4.74 Å². The highest BCUT2D eigenvalue weighted by Crippen LogP contribution is 2.19. The third-order valence-electron chi connectivity index (χ3n) is 4.09. The normalized spacial score (nSPS) is 10.8. The lowest BCUT2D eigenvalue weighted by Crippen LogP contribution is -2.08. The standard InChI is InChI=1S/C20H18N6O2/c1-3-28-19(27)18-21-20(26(23-18)16-11-9-14(2)10-12-16)25-13-17(22-24-25)15-7-5-4-6-8-15/h4-13H,3H2,1-2H3. The smallest absolute Gasteiger partial charge is 0.378 e. The van der Waals surface area contributed by atoms with E-state index in [2.05, 4.69) is 20.4 Å². The maximum absolute atomic E-state index is 12.1. The second-order valence-electron chi connectivity index (χ2n) is 6.12. The van der Waals surface area contributed by atoms with Crippen molar-refractivity contribution in [1.29, 1.82) is 0 Å². The first-order valence-corrected chi connectivity index (χ1v) is 8.85. The van der Waals surface area contributed by atoms with Gasteiger partial charge in [-0.1, -0.05) is 53.2 Å². The largest absolute Gasteiger partial charge is 0.460 e. The first kappa shape index (κ1) is 17.6. The Balaban J connectivity index is 1.80. The summed E-state index contributed by atoms with van der Waals surface area (Å²) in [6.07, 6.45) is 1.75. The van der Waals surface area contributed by atoms with Crippen LogP contribution < -0.4 is 0 Å². The molecule has 0 bridgehead atoms. The predicted molar refractivity (Wildman–Crippen MR) is 102 cm³/mol. The Bertz CT molecular complexity index is 1100. The van der Waals surface area contributed by atoms with Gasteiger partial charge >= 0.3 is 5.97 Å². The summed E-state index contributed by atoms with van der Waals surface area (Å²) in [7, 11) is 0. The molecule has 2 aromatic carbocycles. The van der Waals surface area contributed by atoms with Crippen LogP contribution in [0.3, 0.4) is 0 Å². The summed E-state index contributed by atoms with van der Waals surface area (Å²) in [5, 5.41) is 12.7. The number of esters is 1. The van der Waals surface area contributed by atoms with Gasteiger partial charge in [-0.25, -0.2) is 4.79 Å². The molecule has 0 atom stereocenters. The van der Waals surface area contributed by atoms with E-state index < -0.39 is 5.97 Å². The van der Waals surface area contributed by atoms with E-state index in [4.69, 9.17) is 4.74 Å². The van der Waals surface area contributed by atoms with Crippen molar-refractivity contribution in [1.82, 2.24) is 29.8 Å². The third-order valence-corrected chi connectivity index (χ3v) is 4.09. The Hall–Kier alpha value is -3.81. The van der Waals surface area contributed by atoms with Crippen molar-refractivity contribution in [3.8, 4) is 22.9 Å². The summed E-state index contributed by atoms with van der Waals surface area (Å²) in [4.78, 5) is 16.5. The van der Waals surface area contributed by atoms with E-state index in [1.165, 1.54) is 4.68 Å². The number of carbonyl (C=O) groups is 1. The average Bonchev–Trinajstić information content (AvgIpc) is 3.37. The molecule has 0 aliphatic carbocycles. The molecule has 0 N–H and O–H groups in total. The Labute approximate surface area is 161 Å². The van der Waals surface area contributed by atoms with Crippen LogP contribution in [0.4, 0.5) is 0 Å². The molecule has 140 valence electrons. The number of rotatable bonds is 5. The fraction of sp³-hybridized carbons (Fsp3) is 0.150. The molecule has 0 fully saturated rings. The van der Waals surface area contributed by atoms with Crippen molar-refractivity contribution in [2.75, 3.05) is 6.61 Å². The van der Waals surface area contributed by atoms with Gasteiger partial charge in [0.2, 0.25) is 0 Å². The van der Waals surface area contributed by atoms with Gasteiger partial charge in [-0.05, 0) is 26.0 Å². The second-order valence-corrected chi connectivity index (χ2v) is 6.12. The van der Waals surface area contributed by atoms with E-state index in [0.717, 1.165) is 16.8 Å². The van der Waals surface area contributed by atoms with Gasteiger partial charge in [-0.15, -0.1) is 10.2 Å². The summed E-state index contributed by atoms with van der Waals surface area (Å²) in [6.45, 7) is 3.98. The van der Waals surface area contributed by atoms with Crippen molar-refractivity contribution in [2.24, 2.45) is 0 Å². The first-order chi connectivity index (χ1) is 13.7. The molecule has 0 spiro atoms. The molecular weight excluding hydrogens is 356 g/mol. The zero-order chi connectivity index (χ0) is 19.5. The van der Waals surface area contributed by atoms with E-state index in [1.807, 2.05) is 61.5 Å². The minimum absolute atomic E-state index is 0.0332. The molecule has 2 aromatic heterocycles. The Morgan fingerprint density at radius 1 is 1.07 bits per heavy atom. The van der Waals surface area contributed by atoms with Crippen molar-refractivity contribution >= 4 is 5.97 Å². The molecule has 0 saturated heterocycles. The SMILES string of the molecule is CCOC(=O)c1nc(-n2cc(-c3ccccc3)nn2)n(-c2ccc(C)cc2)n1.